The Kier molecular flexibility index (Phi) is 9.81. The summed E-state index contributed by atoms with van der Waals surface area (Å²) in [6, 6.07) is 51.8. The van der Waals surface area contributed by atoms with Crippen molar-refractivity contribution in [3.8, 4) is 22.3 Å². The number of pyridine rings is 2. The lowest BCUT2D eigenvalue weighted by molar-refractivity contribution is 0.484. The number of hydrogen-bond acceptors (Lipinski definition) is 6. The maximum absolute atomic E-state index is 9.41. The minimum atomic E-state index is -0.309. The Balaban J connectivity index is 1.19. The van der Waals surface area contributed by atoms with E-state index in [0.717, 1.165) is 137 Å². The van der Waals surface area contributed by atoms with E-state index in [0.29, 0.717) is 17.1 Å². The molecule has 2 bridgehead atoms. The number of aromatic nitrogens is 2. The summed E-state index contributed by atoms with van der Waals surface area (Å²) in [5.74, 6) is 0. The fourth-order valence-electron chi connectivity index (χ4n) is 13.2. The van der Waals surface area contributed by atoms with Gasteiger partial charge in [-0.3, -0.25) is 9.97 Å². The average Bonchev–Trinajstić information content (AvgIpc) is 3.86. The van der Waals surface area contributed by atoms with Gasteiger partial charge in [-0.05, 0) is 150 Å². The van der Waals surface area contributed by atoms with Crippen LogP contribution in [0.25, 0.3) is 31.9 Å². The molecule has 2 unspecified atom stereocenters. The van der Waals surface area contributed by atoms with E-state index in [9.17, 15) is 6.57 Å². The zero-order valence-electron chi connectivity index (χ0n) is 41.9. The largest absolute Gasteiger partial charge is 0.316 e. The average molecular weight is 945 g/mol. The molecule has 2 atom stereocenters. The third-order valence-corrected chi connectivity index (χ3v) is 16.3. The highest BCUT2D eigenvalue weighted by molar-refractivity contribution is 6.14. The van der Waals surface area contributed by atoms with Crippen LogP contribution in [0.5, 0.6) is 0 Å². The predicted molar refractivity (Wildman–Crippen MR) is 299 cm³/mol. The Morgan fingerprint density at radius 1 is 0.397 bits per heavy atom. The van der Waals surface area contributed by atoms with Crippen molar-refractivity contribution < 1.29 is 0 Å². The summed E-state index contributed by atoms with van der Waals surface area (Å²) in [5, 5.41) is 0. The van der Waals surface area contributed by atoms with E-state index in [1.54, 1.807) is 0 Å². The van der Waals surface area contributed by atoms with Gasteiger partial charge in [0.25, 0.3) is 0 Å². The van der Waals surface area contributed by atoms with Crippen LogP contribution in [-0.2, 0) is 10.8 Å². The molecule has 8 nitrogen and oxygen atoms in total. The van der Waals surface area contributed by atoms with E-state index >= 15 is 0 Å². The van der Waals surface area contributed by atoms with Gasteiger partial charge in [-0.25, -0.2) is 9.69 Å². The second-order valence-corrected chi connectivity index (χ2v) is 20.9. The molecule has 1 saturated carbocycles. The zero-order chi connectivity index (χ0) is 49.9. The Bertz CT molecular complexity index is 3830. The van der Waals surface area contributed by atoms with Crippen LogP contribution in [0, 0.1) is 40.8 Å². The van der Waals surface area contributed by atoms with Gasteiger partial charge < -0.3 is 19.6 Å². The number of anilines is 12. The summed E-state index contributed by atoms with van der Waals surface area (Å²) >= 11 is 0. The molecular formula is C65H52N8. The zero-order valence-corrected chi connectivity index (χ0v) is 41.9. The Hall–Kier alpha value is -8.98. The first kappa shape index (κ1) is 44.0. The molecular weight excluding hydrogens is 893 g/mol. The monoisotopic (exact) mass is 944 g/mol. The normalized spacial score (nSPS) is 17.8. The molecule has 1 fully saturated rings. The van der Waals surface area contributed by atoms with Crippen LogP contribution in [0.1, 0.15) is 66.5 Å². The van der Waals surface area contributed by atoms with Gasteiger partial charge in [-0.2, -0.15) is 0 Å². The second kappa shape index (κ2) is 16.3. The summed E-state index contributed by atoms with van der Waals surface area (Å²) in [5.41, 5.74) is 22.5. The Morgan fingerprint density at radius 3 is 1.26 bits per heavy atom. The van der Waals surface area contributed by atoms with Gasteiger partial charge >= 0.3 is 0 Å². The van der Waals surface area contributed by atoms with E-state index in [1.165, 1.54) is 0 Å². The molecule has 8 heteroatoms. The van der Waals surface area contributed by atoms with Gasteiger partial charge in [0.15, 0.2) is 0 Å². The van der Waals surface area contributed by atoms with Crippen molar-refractivity contribution in [2.75, 3.05) is 19.6 Å². The van der Waals surface area contributed by atoms with E-state index < -0.39 is 0 Å². The summed E-state index contributed by atoms with van der Waals surface area (Å²) in [6.45, 7) is 32.0. The number of fused-ring (bicyclic) bond motifs is 9. The first-order valence-electron chi connectivity index (χ1n) is 25.1. The topological polar surface area (TPSA) is 47.5 Å². The standard InChI is InChI=1S/C65H52N8/c1-40-17-15-18-41(2)60(40)72-52-35-46(44-21-11-9-12-22-44)25-27-48(52)70(50-29-33-68-37-54(50)72)62-57-56(64(5)31-32-65(57,6)39-64)58(66-7)59(67-8)63(62)71-49-28-26-47(45-23-13-10-14-24-45)36-53(49)73(55-38-69-34-30-51(55)71)61-42(3)19-16-20-43(61)4/h9-30,33-38H,31-32,39H2,1-6H3. The van der Waals surface area contributed by atoms with Gasteiger partial charge in [0.05, 0.1) is 93.8 Å². The highest BCUT2D eigenvalue weighted by atomic mass is 15.3. The molecule has 13 rings (SSSR count). The van der Waals surface area contributed by atoms with Crippen LogP contribution in [-0.4, -0.2) is 9.97 Å². The molecule has 2 aliphatic carbocycles. The number of benzene rings is 7. The summed E-state index contributed by atoms with van der Waals surface area (Å²) < 4.78 is 0. The molecule has 4 aliphatic rings. The first-order chi connectivity index (χ1) is 35.5. The molecule has 0 saturated heterocycles. The van der Waals surface area contributed by atoms with Crippen LogP contribution in [0.15, 0.2) is 170 Å². The van der Waals surface area contributed by atoms with Gasteiger partial charge in [-0.1, -0.05) is 123 Å². The van der Waals surface area contributed by atoms with Gasteiger partial charge in [0, 0.05) is 12.4 Å². The SMILES string of the molecule is [C-]#[N+]c1c([N+]#[C-])c2c(c(N3c4ccncc4N(c4c(C)cccc4C)c4cc(-c5ccccc5)ccc43)c1N1c3ccncc3N(c3c(C)cccc3C)c3cc(-c4ccccc4)ccc31)C1(C)CCC2(C)C1. The maximum Gasteiger partial charge on any atom is 0.220 e. The molecule has 9 aromatic rings. The van der Waals surface area contributed by atoms with Gasteiger partial charge in [0.2, 0.25) is 11.4 Å². The molecule has 73 heavy (non-hydrogen) atoms. The van der Waals surface area contributed by atoms with Crippen molar-refractivity contribution >= 4 is 79.6 Å². The van der Waals surface area contributed by atoms with Crippen LogP contribution < -0.4 is 19.6 Å². The van der Waals surface area contributed by atoms with Gasteiger partial charge in [0.1, 0.15) is 0 Å². The predicted octanol–water partition coefficient (Wildman–Crippen LogP) is 18.4. The van der Waals surface area contributed by atoms with Crippen LogP contribution >= 0.6 is 0 Å². The fraction of sp³-hybridized carbons (Fsp3) is 0.169. The second-order valence-electron chi connectivity index (χ2n) is 20.9. The maximum atomic E-state index is 9.41. The lowest BCUT2D eigenvalue weighted by atomic mass is 9.75. The van der Waals surface area contributed by atoms with Crippen molar-refractivity contribution in [2.45, 2.75) is 71.6 Å². The van der Waals surface area contributed by atoms with Crippen LogP contribution in [0.4, 0.5) is 79.6 Å². The minimum Gasteiger partial charge on any atom is -0.316 e. The smallest absolute Gasteiger partial charge is 0.220 e. The van der Waals surface area contributed by atoms with E-state index in [2.05, 4.69) is 216 Å². The molecule has 4 heterocycles. The molecule has 2 aromatic heterocycles. The molecule has 0 radical (unpaired) electrons. The molecule has 2 aliphatic heterocycles. The lowest BCUT2D eigenvalue weighted by Gasteiger charge is -2.47. The van der Waals surface area contributed by atoms with Gasteiger partial charge in [-0.15, -0.1) is 0 Å². The lowest BCUT2D eigenvalue weighted by Crippen LogP contribution is -2.31. The number of hydrogen-bond donors (Lipinski definition) is 0. The number of nitrogens with zero attached hydrogens (tertiary/aromatic N) is 8. The minimum absolute atomic E-state index is 0.302. The third kappa shape index (κ3) is 6.36. The van der Waals surface area contributed by atoms with Crippen molar-refractivity contribution in [1.82, 2.24) is 9.97 Å². The van der Waals surface area contributed by atoms with Crippen molar-refractivity contribution in [2.24, 2.45) is 0 Å². The molecule has 352 valence electrons. The number of para-hydroxylation sites is 2. The number of rotatable bonds is 6. The van der Waals surface area contributed by atoms with E-state index in [4.69, 9.17) is 16.5 Å². The highest BCUT2D eigenvalue weighted by Crippen LogP contribution is 2.72. The number of aryl methyl sites for hydroxylation is 4. The summed E-state index contributed by atoms with van der Waals surface area (Å²) in [7, 11) is 0. The highest BCUT2D eigenvalue weighted by Gasteiger charge is 2.57. The molecule has 0 spiro atoms. The third-order valence-electron chi connectivity index (χ3n) is 16.3. The van der Waals surface area contributed by atoms with Crippen molar-refractivity contribution in [3.05, 3.63) is 227 Å². The Labute approximate surface area is 427 Å². The van der Waals surface area contributed by atoms with E-state index in [1.807, 2.05) is 24.8 Å². The van der Waals surface area contributed by atoms with Crippen molar-refractivity contribution in [1.29, 1.82) is 0 Å². The molecule has 0 N–H and O–H groups in total. The van der Waals surface area contributed by atoms with E-state index in [-0.39, 0.29) is 10.8 Å². The summed E-state index contributed by atoms with van der Waals surface area (Å²) in [6.07, 6.45) is 10.5. The van der Waals surface area contributed by atoms with Crippen molar-refractivity contribution in [3.63, 3.8) is 0 Å². The Morgan fingerprint density at radius 2 is 0.808 bits per heavy atom. The first-order valence-corrected chi connectivity index (χ1v) is 25.1. The van der Waals surface area contributed by atoms with Crippen LogP contribution in [0.3, 0.4) is 0 Å². The van der Waals surface area contributed by atoms with Crippen LogP contribution in [0.2, 0.25) is 0 Å². The quantitative estimate of drug-likeness (QED) is 0.155. The fourth-order valence-corrected chi connectivity index (χ4v) is 13.2. The molecule has 7 aromatic carbocycles. The molecule has 0 amide bonds. The summed E-state index contributed by atoms with van der Waals surface area (Å²) in [4.78, 5) is 28.3.